The van der Waals surface area contributed by atoms with Gasteiger partial charge in [0.1, 0.15) is 0 Å². The van der Waals surface area contributed by atoms with Gasteiger partial charge in [-0.2, -0.15) is 0 Å². The maximum atomic E-state index is 10.3. The van der Waals surface area contributed by atoms with Crippen LogP contribution in [0, 0.1) is 0 Å². The second kappa shape index (κ2) is 1.55. The predicted octanol–water partition coefficient (Wildman–Crippen LogP) is -1.28. The van der Waals surface area contributed by atoms with Gasteiger partial charge in [-0.3, -0.25) is 0 Å². The second-order valence-corrected chi connectivity index (χ2v) is 4.84. The van der Waals surface area contributed by atoms with E-state index in [2.05, 4.69) is 0 Å². The molecule has 0 aromatic rings. The van der Waals surface area contributed by atoms with Crippen molar-refractivity contribution in [3.63, 3.8) is 0 Å². The molecule has 1 aliphatic rings. The fraction of sp³-hybridized carbons (Fsp3) is 0. The molecule has 0 radical (unpaired) electrons. The number of hydrogen-bond acceptors (Lipinski definition) is 4. The van der Waals surface area contributed by atoms with Crippen molar-refractivity contribution in [3.8, 4) is 0 Å². The SMILES string of the molecule is O=S1(=O)C=CS(=O)(=O)N1. The zero-order chi connectivity index (χ0) is 7.12. The Morgan fingerprint density at radius 1 is 0.889 bits per heavy atom. The molecular weight excluding hydrogens is 166 g/mol. The Morgan fingerprint density at radius 2 is 1.22 bits per heavy atom. The predicted molar refractivity (Wildman–Crippen MR) is 30.1 cm³/mol. The van der Waals surface area contributed by atoms with Crippen molar-refractivity contribution >= 4 is 20.0 Å². The minimum Gasteiger partial charge on any atom is -0.207 e. The van der Waals surface area contributed by atoms with Crippen molar-refractivity contribution in [2.24, 2.45) is 0 Å². The van der Waals surface area contributed by atoms with Crippen LogP contribution >= 0.6 is 0 Å². The molecule has 1 heterocycles. The molecule has 0 saturated carbocycles. The fourth-order valence-corrected chi connectivity index (χ4v) is 3.27. The lowest BCUT2D eigenvalue weighted by molar-refractivity contribution is 0.590. The molecule has 1 rings (SSSR count). The van der Waals surface area contributed by atoms with Crippen molar-refractivity contribution in [3.05, 3.63) is 10.8 Å². The van der Waals surface area contributed by atoms with Crippen LogP contribution in [-0.4, -0.2) is 16.8 Å². The topological polar surface area (TPSA) is 80.3 Å². The van der Waals surface area contributed by atoms with Gasteiger partial charge in [0.15, 0.2) is 0 Å². The standard InChI is InChI=1S/C2H3NO4S2/c4-8(5)1-2-9(6,7)3-8/h1-3H. The quantitative estimate of drug-likeness (QED) is 0.489. The smallest absolute Gasteiger partial charge is 0.207 e. The number of rotatable bonds is 0. The molecule has 0 fully saturated rings. The first-order valence-corrected chi connectivity index (χ1v) is 4.97. The van der Waals surface area contributed by atoms with Crippen molar-refractivity contribution < 1.29 is 16.8 Å². The van der Waals surface area contributed by atoms with Gasteiger partial charge in [0.2, 0.25) is 20.0 Å². The van der Waals surface area contributed by atoms with E-state index in [4.69, 9.17) is 0 Å². The van der Waals surface area contributed by atoms with Crippen LogP contribution in [0.5, 0.6) is 0 Å². The molecule has 1 aliphatic heterocycles. The third-order valence-corrected chi connectivity index (χ3v) is 3.67. The lowest BCUT2D eigenvalue weighted by atomic mass is 11.3. The van der Waals surface area contributed by atoms with E-state index in [0.29, 0.717) is 10.8 Å². The van der Waals surface area contributed by atoms with E-state index < -0.39 is 20.0 Å². The van der Waals surface area contributed by atoms with E-state index in [1.807, 2.05) is 0 Å². The van der Waals surface area contributed by atoms with Crippen LogP contribution in [0.15, 0.2) is 10.8 Å². The summed E-state index contributed by atoms with van der Waals surface area (Å²) in [5.41, 5.74) is 0. The molecule has 5 nitrogen and oxygen atoms in total. The van der Waals surface area contributed by atoms with E-state index in [0.717, 1.165) is 0 Å². The monoisotopic (exact) mass is 169 g/mol. The van der Waals surface area contributed by atoms with Crippen LogP contribution in [0.3, 0.4) is 0 Å². The molecule has 1 N–H and O–H groups in total. The molecule has 52 valence electrons. The van der Waals surface area contributed by atoms with Crippen LogP contribution in [0.4, 0.5) is 0 Å². The normalized spacial score (nSPS) is 28.4. The lowest BCUT2D eigenvalue weighted by Gasteiger charge is -1.87. The average molecular weight is 169 g/mol. The lowest BCUT2D eigenvalue weighted by Crippen LogP contribution is -2.20. The first-order valence-electron chi connectivity index (χ1n) is 1.88. The maximum Gasteiger partial charge on any atom is 0.247 e. The summed E-state index contributed by atoms with van der Waals surface area (Å²) in [6, 6.07) is 0. The van der Waals surface area contributed by atoms with E-state index in [1.54, 1.807) is 0 Å². The molecule has 0 amide bonds. The van der Waals surface area contributed by atoms with Crippen LogP contribution < -0.4 is 4.13 Å². The summed E-state index contributed by atoms with van der Waals surface area (Å²) >= 11 is 0. The highest BCUT2D eigenvalue weighted by Crippen LogP contribution is 2.02. The van der Waals surface area contributed by atoms with E-state index in [9.17, 15) is 16.8 Å². The van der Waals surface area contributed by atoms with Gasteiger partial charge < -0.3 is 0 Å². The van der Waals surface area contributed by atoms with Crippen LogP contribution in [0.1, 0.15) is 0 Å². The van der Waals surface area contributed by atoms with Crippen molar-refractivity contribution in [2.45, 2.75) is 0 Å². The van der Waals surface area contributed by atoms with E-state index >= 15 is 0 Å². The number of nitrogens with one attached hydrogen (secondary N) is 1. The molecule has 0 aromatic heterocycles. The minimum absolute atomic E-state index is 0.600. The number of hydrogen-bond donors (Lipinski definition) is 1. The van der Waals surface area contributed by atoms with Crippen molar-refractivity contribution in [2.75, 3.05) is 0 Å². The van der Waals surface area contributed by atoms with Gasteiger partial charge in [-0.05, 0) is 0 Å². The summed E-state index contributed by atoms with van der Waals surface area (Å²) in [7, 11) is -7.34. The highest BCUT2D eigenvalue weighted by atomic mass is 32.3. The zero-order valence-corrected chi connectivity index (χ0v) is 5.74. The Hall–Kier alpha value is -0.400. The summed E-state index contributed by atoms with van der Waals surface area (Å²) in [5, 5.41) is 1.20. The van der Waals surface area contributed by atoms with Gasteiger partial charge >= 0.3 is 0 Å². The van der Waals surface area contributed by atoms with E-state index in [-0.39, 0.29) is 0 Å². The first kappa shape index (κ1) is 6.72. The van der Waals surface area contributed by atoms with Crippen molar-refractivity contribution in [1.82, 2.24) is 4.13 Å². The highest BCUT2D eigenvalue weighted by Gasteiger charge is 2.22. The molecular formula is C2H3NO4S2. The van der Waals surface area contributed by atoms with Crippen LogP contribution in [0.25, 0.3) is 0 Å². The molecule has 0 saturated heterocycles. The van der Waals surface area contributed by atoms with Gasteiger partial charge in [0.25, 0.3) is 0 Å². The third-order valence-electron chi connectivity index (χ3n) is 0.646. The summed E-state index contributed by atoms with van der Waals surface area (Å²) < 4.78 is 42.5. The fourth-order valence-electron chi connectivity index (χ4n) is 0.364. The minimum atomic E-state index is -3.67. The number of sulfonamides is 2. The van der Waals surface area contributed by atoms with Crippen molar-refractivity contribution in [1.29, 1.82) is 0 Å². The van der Waals surface area contributed by atoms with Gasteiger partial charge in [-0.1, -0.05) is 0 Å². The summed E-state index contributed by atoms with van der Waals surface area (Å²) in [4.78, 5) is 0. The average Bonchev–Trinajstić information content (AvgIpc) is 1.78. The van der Waals surface area contributed by atoms with Crippen LogP contribution in [0.2, 0.25) is 0 Å². The zero-order valence-electron chi connectivity index (χ0n) is 4.10. The Labute approximate surface area is 52.5 Å². The third kappa shape index (κ3) is 1.50. The molecule has 7 heteroatoms. The maximum absolute atomic E-state index is 10.3. The Kier molecular flexibility index (Phi) is 1.16. The molecule has 0 unspecified atom stereocenters. The Morgan fingerprint density at radius 3 is 1.33 bits per heavy atom. The molecule has 0 aromatic carbocycles. The molecule has 0 atom stereocenters. The highest BCUT2D eigenvalue weighted by molar-refractivity contribution is 8.10. The van der Waals surface area contributed by atoms with Gasteiger partial charge in [0, 0.05) is 0 Å². The molecule has 0 bridgehead atoms. The molecule has 0 spiro atoms. The van der Waals surface area contributed by atoms with Gasteiger partial charge in [0.05, 0.1) is 10.8 Å². The second-order valence-electron chi connectivity index (χ2n) is 1.45. The largest absolute Gasteiger partial charge is 0.247 e. The van der Waals surface area contributed by atoms with Crippen LogP contribution in [-0.2, 0) is 20.0 Å². The molecule has 0 aliphatic carbocycles. The summed E-state index contributed by atoms with van der Waals surface area (Å²) in [6.07, 6.45) is 0. The van der Waals surface area contributed by atoms with Gasteiger partial charge in [-0.25, -0.2) is 16.8 Å². The first-order chi connectivity index (χ1) is 3.91. The Balaban J connectivity index is 3.28. The van der Waals surface area contributed by atoms with Gasteiger partial charge in [-0.15, -0.1) is 4.13 Å². The Bertz CT molecular complexity index is 299. The molecule has 9 heavy (non-hydrogen) atoms. The van der Waals surface area contributed by atoms with E-state index in [1.165, 1.54) is 4.13 Å². The summed E-state index contributed by atoms with van der Waals surface area (Å²) in [5.74, 6) is 0. The summed E-state index contributed by atoms with van der Waals surface area (Å²) in [6.45, 7) is 0.